The van der Waals surface area contributed by atoms with Crippen LogP contribution in [0.5, 0.6) is 0 Å². The molecule has 1 aromatic rings. The summed E-state index contributed by atoms with van der Waals surface area (Å²) in [6.07, 6.45) is 1.01. The number of rotatable bonds is 4. The number of nitrogens with two attached hydrogens (primary N) is 1. The summed E-state index contributed by atoms with van der Waals surface area (Å²) in [6.45, 7) is 11.2. The molecule has 3 heteroatoms. The van der Waals surface area contributed by atoms with Crippen molar-refractivity contribution >= 4 is 0 Å². The molecule has 1 fully saturated rings. The first-order valence-corrected chi connectivity index (χ1v) is 8.22. The molecule has 2 N–H and O–H groups in total. The highest BCUT2D eigenvalue weighted by Crippen LogP contribution is 2.29. The largest absolute Gasteiger partial charge is 0.326 e. The quantitative estimate of drug-likeness (QED) is 0.925. The number of hydrogen-bond donors (Lipinski definition) is 1. The topological polar surface area (TPSA) is 32.5 Å². The van der Waals surface area contributed by atoms with Crippen LogP contribution >= 0.6 is 0 Å². The van der Waals surface area contributed by atoms with E-state index in [0.29, 0.717) is 18.1 Å². The molecule has 3 nitrogen and oxygen atoms in total. The molecule has 0 bridgehead atoms. The summed E-state index contributed by atoms with van der Waals surface area (Å²) in [7, 11) is 2.23. The van der Waals surface area contributed by atoms with Gasteiger partial charge in [-0.05, 0) is 39.8 Å². The lowest BCUT2D eigenvalue weighted by molar-refractivity contribution is 0.0254. The lowest BCUT2D eigenvalue weighted by atomic mass is 9.93. The van der Waals surface area contributed by atoms with Crippen LogP contribution in [0.2, 0.25) is 0 Å². The van der Waals surface area contributed by atoms with Gasteiger partial charge in [-0.2, -0.15) is 0 Å². The molecule has 1 saturated heterocycles. The van der Waals surface area contributed by atoms with Crippen LogP contribution in [0.4, 0.5) is 0 Å². The van der Waals surface area contributed by atoms with Crippen molar-refractivity contribution in [2.75, 3.05) is 20.1 Å². The average molecular weight is 289 g/mol. The van der Waals surface area contributed by atoms with Gasteiger partial charge in [0.1, 0.15) is 0 Å². The predicted molar refractivity (Wildman–Crippen MR) is 90.4 cm³/mol. The highest BCUT2D eigenvalue weighted by Gasteiger charge is 2.33. The van der Waals surface area contributed by atoms with Crippen molar-refractivity contribution in [3.63, 3.8) is 0 Å². The molecule has 21 heavy (non-hydrogen) atoms. The molecule has 118 valence electrons. The van der Waals surface area contributed by atoms with E-state index in [0.717, 1.165) is 19.5 Å². The molecule has 1 heterocycles. The van der Waals surface area contributed by atoms with E-state index in [9.17, 15) is 0 Å². The minimum Gasteiger partial charge on any atom is -0.326 e. The van der Waals surface area contributed by atoms with Gasteiger partial charge < -0.3 is 5.73 Å². The van der Waals surface area contributed by atoms with Gasteiger partial charge in [-0.3, -0.25) is 9.80 Å². The molecule has 1 aliphatic rings. The van der Waals surface area contributed by atoms with Crippen molar-refractivity contribution in [2.45, 2.75) is 58.3 Å². The van der Waals surface area contributed by atoms with E-state index in [4.69, 9.17) is 5.73 Å². The van der Waals surface area contributed by atoms with Gasteiger partial charge in [0.25, 0.3) is 0 Å². The molecule has 4 unspecified atom stereocenters. The molecule has 1 aliphatic heterocycles. The molecule has 0 amide bonds. The van der Waals surface area contributed by atoms with Crippen molar-refractivity contribution in [1.82, 2.24) is 9.80 Å². The molecule has 0 saturated carbocycles. The second kappa shape index (κ2) is 6.91. The molecule has 1 aromatic carbocycles. The van der Waals surface area contributed by atoms with Crippen molar-refractivity contribution < 1.29 is 0 Å². The number of nitrogens with zero attached hydrogens (tertiary/aromatic N) is 2. The maximum Gasteiger partial charge on any atom is 0.0500 e. The smallest absolute Gasteiger partial charge is 0.0500 e. The van der Waals surface area contributed by atoms with Crippen molar-refractivity contribution in [1.29, 1.82) is 0 Å². The van der Waals surface area contributed by atoms with Crippen LogP contribution in [-0.4, -0.2) is 48.1 Å². The highest BCUT2D eigenvalue weighted by molar-refractivity contribution is 5.26. The number of hydrogen-bond acceptors (Lipinski definition) is 3. The van der Waals surface area contributed by atoms with Gasteiger partial charge in [0.05, 0.1) is 0 Å². The summed E-state index contributed by atoms with van der Waals surface area (Å²) in [5.41, 5.74) is 9.18. The second-order valence-corrected chi connectivity index (χ2v) is 6.75. The highest BCUT2D eigenvalue weighted by atomic mass is 15.3. The van der Waals surface area contributed by atoms with E-state index >= 15 is 0 Å². The summed E-state index contributed by atoms with van der Waals surface area (Å²) in [5, 5.41) is 0. The summed E-state index contributed by atoms with van der Waals surface area (Å²) in [5.74, 6) is 0. The maximum absolute atomic E-state index is 6.50. The van der Waals surface area contributed by atoms with Gasteiger partial charge >= 0.3 is 0 Å². The third-order valence-corrected chi connectivity index (χ3v) is 5.04. The third-order valence-electron chi connectivity index (χ3n) is 5.04. The number of aryl methyl sites for hydroxylation is 1. The molecular weight excluding hydrogens is 258 g/mol. The van der Waals surface area contributed by atoms with Crippen LogP contribution in [0.3, 0.4) is 0 Å². The van der Waals surface area contributed by atoms with Crippen molar-refractivity contribution in [3.8, 4) is 0 Å². The van der Waals surface area contributed by atoms with Gasteiger partial charge in [-0.15, -0.1) is 0 Å². The monoisotopic (exact) mass is 289 g/mol. The predicted octanol–water partition coefficient (Wildman–Crippen LogP) is 2.80. The lowest BCUT2D eigenvalue weighted by Crippen LogP contribution is -2.57. The lowest BCUT2D eigenvalue weighted by Gasteiger charge is -2.47. The molecule has 4 atom stereocenters. The average Bonchev–Trinajstić information content (AvgIpc) is 2.44. The fourth-order valence-corrected chi connectivity index (χ4v) is 3.48. The fourth-order valence-electron chi connectivity index (χ4n) is 3.48. The van der Waals surface area contributed by atoms with Crippen LogP contribution in [0.25, 0.3) is 0 Å². The molecule has 2 rings (SSSR count). The fraction of sp³-hybridized carbons (Fsp3) is 0.667. The summed E-state index contributed by atoms with van der Waals surface area (Å²) >= 11 is 0. The summed E-state index contributed by atoms with van der Waals surface area (Å²) in [4.78, 5) is 5.07. The van der Waals surface area contributed by atoms with Crippen molar-refractivity contribution in [3.05, 3.63) is 35.4 Å². The first kappa shape index (κ1) is 16.5. The van der Waals surface area contributed by atoms with E-state index in [1.54, 1.807) is 0 Å². The first-order valence-electron chi connectivity index (χ1n) is 8.22. The van der Waals surface area contributed by atoms with E-state index in [-0.39, 0.29) is 6.04 Å². The minimum atomic E-state index is 0.189. The Labute approximate surface area is 130 Å². The zero-order valence-corrected chi connectivity index (χ0v) is 14.2. The summed E-state index contributed by atoms with van der Waals surface area (Å²) in [6, 6.07) is 10.5. The van der Waals surface area contributed by atoms with Crippen LogP contribution in [-0.2, 0) is 0 Å². The Hall–Kier alpha value is -0.900. The maximum atomic E-state index is 6.50. The van der Waals surface area contributed by atoms with Gasteiger partial charge in [-0.1, -0.05) is 36.8 Å². The van der Waals surface area contributed by atoms with E-state index in [1.807, 2.05) is 0 Å². The Bertz CT molecular complexity index is 448. The molecular formula is C18H31N3. The molecule has 0 aromatic heterocycles. The first-order chi connectivity index (χ1) is 9.93. The zero-order valence-electron chi connectivity index (χ0n) is 14.2. The van der Waals surface area contributed by atoms with Gasteiger partial charge in [-0.25, -0.2) is 0 Å². The van der Waals surface area contributed by atoms with Gasteiger partial charge in [0.15, 0.2) is 0 Å². The SMILES string of the molecule is CCC(N)C(c1cccc(C)c1)N1CC(C)N(C)C(C)C1. The van der Waals surface area contributed by atoms with Crippen LogP contribution in [0.1, 0.15) is 44.4 Å². The number of likely N-dealkylation sites (N-methyl/N-ethyl adjacent to an activating group) is 1. The Morgan fingerprint density at radius 3 is 2.38 bits per heavy atom. The Kier molecular flexibility index (Phi) is 5.42. The third kappa shape index (κ3) is 3.65. The Morgan fingerprint density at radius 1 is 1.24 bits per heavy atom. The normalized spacial score (nSPS) is 27.5. The molecule has 0 spiro atoms. The minimum absolute atomic E-state index is 0.189. The molecule has 0 aliphatic carbocycles. The number of benzene rings is 1. The van der Waals surface area contributed by atoms with E-state index in [1.165, 1.54) is 11.1 Å². The van der Waals surface area contributed by atoms with Crippen LogP contribution in [0.15, 0.2) is 24.3 Å². The van der Waals surface area contributed by atoms with E-state index < -0.39 is 0 Å². The zero-order chi connectivity index (χ0) is 15.6. The van der Waals surface area contributed by atoms with Crippen LogP contribution < -0.4 is 5.73 Å². The van der Waals surface area contributed by atoms with Gasteiger partial charge in [0.2, 0.25) is 0 Å². The Morgan fingerprint density at radius 2 is 1.86 bits per heavy atom. The van der Waals surface area contributed by atoms with Gasteiger partial charge in [0, 0.05) is 37.3 Å². The van der Waals surface area contributed by atoms with Crippen LogP contribution in [0, 0.1) is 6.92 Å². The molecule has 0 radical (unpaired) electrons. The van der Waals surface area contributed by atoms with Crippen molar-refractivity contribution in [2.24, 2.45) is 5.73 Å². The van der Waals surface area contributed by atoms with E-state index in [2.05, 4.69) is 68.8 Å². The second-order valence-electron chi connectivity index (χ2n) is 6.75. The number of piperazine rings is 1. The summed E-state index contributed by atoms with van der Waals surface area (Å²) < 4.78 is 0. The Balaban J connectivity index is 2.28. The standard InChI is InChI=1S/C18H31N3/c1-6-17(19)18(16-9-7-8-13(2)10-16)21-11-14(3)20(5)15(4)12-21/h7-10,14-15,17-18H,6,11-12,19H2,1-5H3.